The quantitative estimate of drug-likeness (QED) is 0.847. The minimum Gasteiger partial charge on any atom is -0.381 e. The van der Waals surface area contributed by atoms with Crippen LogP contribution < -0.4 is 10.6 Å². The van der Waals surface area contributed by atoms with E-state index in [1.54, 1.807) is 0 Å². The highest BCUT2D eigenvalue weighted by Crippen LogP contribution is 2.22. The van der Waals surface area contributed by atoms with E-state index >= 15 is 0 Å². The van der Waals surface area contributed by atoms with Gasteiger partial charge in [-0.05, 0) is 37.9 Å². The molecule has 0 atom stereocenters. The Bertz CT molecular complexity index is 309. The average molecular weight is 234 g/mol. The Kier molecular flexibility index (Phi) is 4.83. The molecule has 2 rings (SSSR count). The highest BCUT2D eigenvalue weighted by atomic mass is 16.5. The van der Waals surface area contributed by atoms with Crippen molar-refractivity contribution in [3.8, 4) is 0 Å². The standard InChI is InChI=1S/C14H22N2O/c15-9-4-10-16(13-5-2-1-3-6-13)14-7-11-17-12-8-14/h1-3,5-6,14H,4,7-12,15H2. The van der Waals surface area contributed by atoms with Crippen LogP contribution in [0.3, 0.4) is 0 Å². The van der Waals surface area contributed by atoms with Gasteiger partial charge in [0.05, 0.1) is 0 Å². The van der Waals surface area contributed by atoms with E-state index in [0.29, 0.717) is 6.04 Å². The topological polar surface area (TPSA) is 38.5 Å². The molecular weight excluding hydrogens is 212 g/mol. The van der Waals surface area contributed by atoms with Gasteiger partial charge in [0.2, 0.25) is 0 Å². The molecule has 94 valence electrons. The summed E-state index contributed by atoms with van der Waals surface area (Å²) in [6, 6.07) is 11.2. The number of para-hydroxylation sites is 1. The molecule has 1 saturated heterocycles. The van der Waals surface area contributed by atoms with Crippen molar-refractivity contribution in [2.75, 3.05) is 31.2 Å². The highest BCUT2D eigenvalue weighted by molar-refractivity contribution is 5.47. The Morgan fingerprint density at radius 3 is 2.53 bits per heavy atom. The number of hydrogen-bond donors (Lipinski definition) is 1. The molecule has 0 aromatic heterocycles. The van der Waals surface area contributed by atoms with Crippen molar-refractivity contribution in [3.05, 3.63) is 30.3 Å². The molecule has 0 spiro atoms. The van der Waals surface area contributed by atoms with Crippen molar-refractivity contribution in [2.45, 2.75) is 25.3 Å². The van der Waals surface area contributed by atoms with E-state index in [1.165, 1.54) is 5.69 Å². The first kappa shape index (κ1) is 12.4. The van der Waals surface area contributed by atoms with E-state index in [9.17, 15) is 0 Å². The van der Waals surface area contributed by atoms with Gasteiger partial charge in [0.25, 0.3) is 0 Å². The van der Waals surface area contributed by atoms with Crippen molar-refractivity contribution in [1.29, 1.82) is 0 Å². The van der Waals surface area contributed by atoms with Crippen molar-refractivity contribution in [3.63, 3.8) is 0 Å². The van der Waals surface area contributed by atoms with Crippen LogP contribution in [0.25, 0.3) is 0 Å². The summed E-state index contributed by atoms with van der Waals surface area (Å²) in [6.07, 6.45) is 3.30. The molecule has 1 aromatic rings. The van der Waals surface area contributed by atoms with E-state index in [-0.39, 0.29) is 0 Å². The number of hydrogen-bond acceptors (Lipinski definition) is 3. The summed E-state index contributed by atoms with van der Waals surface area (Å²) < 4.78 is 5.44. The van der Waals surface area contributed by atoms with Crippen molar-refractivity contribution >= 4 is 5.69 Å². The van der Waals surface area contributed by atoms with Gasteiger partial charge in [-0.15, -0.1) is 0 Å². The predicted molar refractivity (Wildman–Crippen MR) is 71.3 cm³/mol. The second kappa shape index (κ2) is 6.62. The van der Waals surface area contributed by atoms with Crippen LogP contribution in [0.5, 0.6) is 0 Å². The van der Waals surface area contributed by atoms with Gasteiger partial charge >= 0.3 is 0 Å². The van der Waals surface area contributed by atoms with E-state index in [1.807, 2.05) is 0 Å². The van der Waals surface area contributed by atoms with Crippen LogP contribution in [-0.4, -0.2) is 32.3 Å². The van der Waals surface area contributed by atoms with Crippen LogP contribution in [0, 0.1) is 0 Å². The average Bonchev–Trinajstić information content (AvgIpc) is 2.42. The number of nitrogens with two attached hydrogens (primary N) is 1. The Hall–Kier alpha value is -1.06. The molecule has 0 bridgehead atoms. The monoisotopic (exact) mass is 234 g/mol. The second-order valence-corrected chi connectivity index (χ2v) is 4.51. The lowest BCUT2D eigenvalue weighted by Crippen LogP contribution is -2.40. The molecule has 2 N–H and O–H groups in total. The van der Waals surface area contributed by atoms with Gasteiger partial charge in [-0.25, -0.2) is 0 Å². The SMILES string of the molecule is NCCCN(c1ccccc1)C1CCOCC1. The smallest absolute Gasteiger partial charge is 0.0485 e. The first-order valence-corrected chi connectivity index (χ1v) is 6.51. The van der Waals surface area contributed by atoms with Crippen LogP contribution in [0.2, 0.25) is 0 Å². The van der Waals surface area contributed by atoms with Crippen LogP contribution in [-0.2, 0) is 4.74 Å². The van der Waals surface area contributed by atoms with Crippen LogP contribution >= 0.6 is 0 Å². The van der Waals surface area contributed by atoms with Crippen LogP contribution in [0.4, 0.5) is 5.69 Å². The minimum atomic E-state index is 0.609. The Balaban J connectivity index is 2.06. The molecule has 0 amide bonds. The third kappa shape index (κ3) is 3.45. The number of ether oxygens (including phenoxy) is 1. The zero-order chi connectivity index (χ0) is 11.9. The molecule has 17 heavy (non-hydrogen) atoms. The number of benzene rings is 1. The maximum Gasteiger partial charge on any atom is 0.0485 e. The third-order valence-electron chi connectivity index (χ3n) is 3.32. The van der Waals surface area contributed by atoms with Crippen LogP contribution in [0.1, 0.15) is 19.3 Å². The van der Waals surface area contributed by atoms with Crippen molar-refractivity contribution < 1.29 is 4.74 Å². The zero-order valence-corrected chi connectivity index (χ0v) is 10.3. The molecule has 0 radical (unpaired) electrons. The summed E-state index contributed by atoms with van der Waals surface area (Å²) in [5, 5.41) is 0. The summed E-state index contributed by atoms with van der Waals surface area (Å²) in [5.41, 5.74) is 6.95. The minimum absolute atomic E-state index is 0.609. The van der Waals surface area contributed by atoms with E-state index in [2.05, 4.69) is 35.2 Å². The lowest BCUT2D eigenvalue weighted by atomic mass is 10.1. The van der Waals surface area contributed by atoms with Crippen LogP contribution in [0.15, 0.2) is 30.3 Å². The fourth-order valence-corrected chi connectivity index (χ4v) is 2.40. The lowest BCUT2D eigenvalue weighted by Gasteiger charge is -2.36. The molecule has 0 unspecified atom stereocenters. The van der Waals surface area contributed by atoms with Gasteiger partial charge in [0, 0.05) is 31.5 Å². The Morgan fingerprint density at radius 1 is 1.18 bits per heavy atom. The molecule has 3 heteroatoms. The first-order chi connectivity index (χ1) is 8.42. The molecular formula is C14H22N2O. The number of rotatable bonds is 5. The largest absolute Gasteiger partial charge is 0.381 e. The molecule has 3 nitrogen and oxygen atoms in total. The Labute approximate surface area is 104 Å². The van der Waals surface area contributed by atoms with Crippen molar-refractivity contribution in [2.24, 2.45) is 5.73 Å². The normalized spacial score (nSPS) is 17.0. The van der Waals surface area contributed by atoms with E-state index < -0.39 is 0 Å². The predicted octanol–water partition coefficient (Wildman–Crippen LogP) is 2.02. The summed E-state index contributed by atoms with van der Waals surface area (Å²) >= 11 is 0. The summed E-state index contributed by atoms with van der Waals surface area (Å²) in [5.74, 6) is 0. The zero-order valence-electron chi connectivity index (χ0n) is 10.3. The molecule has 1 heterocycles. The van der Waals surface area contributed by atoms with Gasteiger partial charge < -0.3 is 15.4 Å². The van der Waals surface area contributed by atoms with E-state index in [0.717, 1.165) is 45.6 Å². The summed E-state index contributed by atoms with van der Waals surface area (Å²) in [7, 11) is 0. The maximum atomic E-state index is 5.63. The molecule has 1 aromatic carbocycles. The van der Waals surface area contributed by atoms with Gasteiger partial charge in [0.1, 0.15) is 0 Å². The Morgan fingerprint density at radius 2 is 1.88 bits per heavy atom. The second-order valence-electron chi connectivity index (χ2n) is 4.51. The fraction of sp³-hybridized carbons (Fsp3) is 0.571. The lowest BCUT2D eigenvalue weighted by molar-refractivity contribution is 0.0844. The number of nitrogens with zero attached hydrogens (tertiary/aromatic N) is 1. The van der Waals surface area contributed by atoms with Crippen molar-refractivity contribution in [1.82, 2.24) is 0 Å². The molecule has 0 aliphatic carbocycles. The van der Waals surface area contributed by atoms with E-state index in [4.69, 9.17) is 10.5 Å². The van der Waals surface area contributed by atoms with Gasteiger partial charge in [-0.3, -0.25) is 0 Å². The number of anilines is 1. The fourth-order valence-electron chi connectivity index (χ4n) is 2.40. The molecule has 1 aliphatic heterocycles. The molecule has 1 fully saturated rings. The highest BCUT2D eigenvalue weighted by Gasteiger charge is 2.21. The molecule has 1 aliphatic rings. The molecule has 0 saturated carbocycles. The summed E-state index contributed by atoms with van der Waals surface area (Å²) in [6.45, 7) is 3.57. The van der Waals surface area contributed by atoms with Gasteiger partial charge in [-0.1, -0.05) is 18.2 Å². The first-order valence-electron chi connectivity index (χ1n) is 6.51. The summed E-state index contributed by atoms with van der Waals surface area (Å²) in [4.78, 5) is 2.50. The van der Waals surface area contributed by atoms with Gasteiger partial charge in [-0.2, -0.15) is 0 Å². The van der Waals surface area contributed by atoms with Gasteiger partial charge in [0.15, 0.2) is 0 Å². The third-order valence-corrected chi connectivity index (χ3v) is 3.32. The maximum absolute atomic E-state index is 5.63.